The fourth-order valence-electron chi connectivity index (χ4n) is 1.98. The number of nitrogens with zero attached hydrogens (tertiary/aromatic N) is 3. The first-order chi connectivity index (χ1) is 8.61. The first kappa shape index (κ1) is 12.1. The molecular weight excluding hydrogens is 228 g/mol. The first-order valence-electron chi connectivity index (χ1n) is 5.68. The first-order valence-corrected chi connectivity index (χ1v) is 5.68. The molecule has 2 aromatic rings. The fraction of sp³-hybridized carbons (Fsp3) is 0.308. The molecule has 2 heterocycles. The van der Waals surface area contributed by atoms with Crippen LogP contribution in [0.1, 0.15) is 35.7 Å². The Balaban J connectivity index is 2.21. The lowest BCUT2D eigenvalue weighted by Crippen LogP contribution is -2.09. The van der Waals surface area contributed by atoms with Gasteiger partial charge in [0.05, 0.1) is 11.7 Å². The van der Waals surface area contributed by atoms with E-state index in [0.29, 0.717) is 11.5 Å². The number of nitrogens with one attached hydrogen (secondary N) is 1. The highest BCUT2D eigenvalue weighted by Crippen LogP contribution is 2.24. The smallest absolute Gasteiger partial charge is 0.142 e. The minimum atomic E-state index is 0.0256. The molecule has 1 unspecified atom stereocenters. The molecular formula is C13H14N4O. The molecule has 0 radical (unpaired) electrons. The molecule has 2 rings (SSSR count). The number of aromatic nitrogens is 2. The highest BCUT2D eigenvalue weighted by Gasteiger charge is 2.16. The third-order valence-electron chi connectivity index (χ3n) is 2.75. The van der Waals surface area contributed by atoms with Crippen LogP contribution in [0.2, 0.25) is 0 Å². The Morgan fingerprint density at radius 2 is 2.17 bits per heavy atom. The predicted molar refractivity (Wildman–Crippen MR) is 67.0 cm³/mol. The number of pyridine rings is 1. The number of hydrogen-bond donors (Lipinski definition) is 1. The Kier molecular flexibility index (Phi) is 3.28. The topological polar surface area (TPSA) is 74.7 Å². The third kappa shape index (κ3) is 2.33. The van der Waals surface area contributed by atoms with Crippen LogP contribution in [0, 0.1) is 25.2 Å². The third-order valence-corrected chi connectivity index (χ3v) is 2.75. The van der Waals surface area contributed by atoms with Gasteiger partial charge in [-0.05, 0) is 32.9 Å². The van der Waals surface area contributed by atoms with Crippen LogP contribution < -0.4 is 5.32 Å². The Morgan fingerprint density at radius 1 is 1.39 bits per heavy atom. The Hall–Kier alpha value is -2.35. The average molecular weight is 242 g/mol. The van der Waals surface area contributed by atoms with Crippen molar-refractivity contribution < 1.29 is 4.52 Å². The maximum atomic E-state index is 8.80. The largest absolute Gasteiger partial charge is 0.363 e. The SMILES string of the molecule is Cc1noc(C)c1C(C)Nc1cccc(C#N)n1. The second-order valence-electron chi connectivity index (χ2n) is 4.12. The van der Waals surface area contributed by atoms with Crippen LogP contribution in [0.25, 0.3) is 0 Å². The summed E-state index contributed by atoms with van der Waals surface area (Å²) in [7, 11) is 0. The number of rotatable bonds is 3. The van der Waals surface area contributed by atoms with Crippen LogP contribution in [0.15, 0.2) is 22.7 Å². The molecule has 0 aliphatic carbocycles. The summed E-state index contributed by atoms with van der Waals surface area (Å²) in [6, 6.07) is 7.34. The summed E-state index contributed by atoms with van der Waals surface area (Å²) >= 11 is 0. The van der Waals surface area contributed by atoms with E-state index in [0.717, 1.165) is 17.0 Å². The van der Waals surface area contributed by atoms with Crippen molar-refractivity contribution in [3.8, 4) is 6.07 Å². The molecule has 0 aliphatic heterocycles. The van der Waals surface area contributed by atoms with E-state index < -0.39 is 0 Å². The summed E-state index contributed by atoms with van der Waals surface area (Å²) in [6.45, 7) is 5.79. The van der Waals surface area contributed by atoms with E-state index in [1.807, 2.05) is 32.9 Å². The van der Waals surface area contributed by atoms with Crippen LogP contribution >= 0.6 is 0 Å². The summed E-state index contributed by atoms with van der Waals surface area (Å²) < 4.78 is 5.14. The zero-order valence-electron chi connectivity index (χ0n) is 10.6. The van der Waals surface area contributed by atoms with E-state index in [1.165, 1.54) is 0 Å². The minimum absolute atomic E-state index is 0.0256. The van der Waals surface area contributed by atoms with Crippen molar-refractivity contribution in [3.63, 3.8) is 0 Å². The van der Waals surface area contributed by atoms with Gasteiger partial charge in [-0.25, -0.2) is 4.98 Å². The minimum Gasteiger partial charge on any atom is -0.363 e. The summed E-state index contributed by atoms with van der Waals surface area (Å²) in [4.78, 5) is 4.18. The van der Waals surface area contributed by atoms with Crippen molar-refractivity contribution in [1.29, 1.82) is 5.26 Å². The molecule has 0 saturated carbocycles. The molecule has 0 aromatic carbocycles. The molecule has 0 spiro atoms. The number of hydrogen-bond acceptors (Lipinski definition) is 5. The van der Waals surface area contributed by atoms with Gasteiger partial charge in [0.25, 0.3) is 0 Å². The van der Waals surface area contributed by atoms with Crippen LogP contribution in [-0.4, -0.2) is 10.1 Å². The van der Waals surface area contributed by atoms with Crippen molar-refractivity contribution in [2.45, 2.75) is 26.8 Å². The van der Waals surface area contributed by atoms with Crippen molar-refractivity contribution >= 4 is 5.82 Å². The lowest BCUT2D eigenvalue weighted by molar-refractivity contribution is 0.392. The zero-order chi connectivity index (χ0) is 13.1. The van der Waals surface area contributed by atoms with Gasteiger partial charge in [0, 0.05) is 5.56 Å². The summed E-state index contributed by atoms with van der Waals surface area (Å²) in [5, 5.41) is 16.0. The van der Waals surface area contributed by atoms with Gasteiger partial charge in [0.15, 0.2) is 0 Å². The van der Waals surface area contributed by atoms with Crippen molar-refractivity contribution in [3.05, 3.63) is 40.9 Å². The average Bonchev–Trinajstić information content (AvgIpc) is 2.69. The fourth-order valence-corrected chi connectivity index (χ4v) is 1.98. The summed E-state index contributed by atoms with van der Waals surface area (Å²) in [6.07, 6.45) is 0. The standard InChI is InChI=1S/C13H14N4O/c1-8(13-9(2)17-18-10(13)3)15-12-6-4-5-11(7-14)16-12/h4-6,8H,1-3H3,(H,15,16). The summed E-state index contributed by atoms with van der Waals surface area (Å²) in [5.41, 5.74) is 2.29. The van der Waals surface area contributed by atoms with E-state index >= 15 is 0 Å². The number of nitriles is 1. The van der Waals surface area contributed by atoms with Crippen LogP contribution in [-0.2, 0) is 0 Å². The molecule has 0 amide bonds. The second-order valence-corrected chi connectivity index (χ2v) is 4.12. The molecule has 92 valence electrons. The van der Waals surface area contributed by atoms with Gasteiger partial charge >= 0.3 is 0 Å². The maximum absolute atomic E-state index is 8.80. The molecule has 0 saturated heterocycles. The quantitative estimate of drug-likeness (QED) is 0.895. The maximum Gasteiger partial charge on any atom is 0.142 e. The van der Waals surface area contributed by atoms with Gasteiger partial charge in [0.2, 0.25) is 0 Å². The molecule has 5 heteroatoms. The van der Waals surface area contributed by atoms with Crippen molar-refractivity contribution in [2.24, 2.45) is 0 Å². The monoisotopic (exact) mass is 242 g/mol. The van der Waals surface area contributed by atoms with Gasteiger partial charge in [0.1, 0.15) is 23.3 Å². The highest BCUT2D eigenvalue weighted by atomic mass is 16.5. The lowest BCUT2D eigenvalue weighted by Gasteiger charge is -2.14. The molecule has 1 N–H and O–H groups in total. The molecule has 2 aromatic heterocycles. The Bertz CT molecular complexity index is 578. The molecule has 5 nitrogen and oxygen atoms in total. The van der Waals surface area contributed by atoms with Gasteiger partial charge in [-0.3, -0.25) is 0 Å². The molecule has 1 atom stereocenters. The van der Waals surface area contributed by atoms with Crippen molar-refractivity contribution in [2.75, 3.05) is 5.32 Å². The van der Waals surface area contributed by atoms with E-state index in [9.17, 15) is 0 Å². The summed E-state index contributed by atoms with van der Waals surface area (Å²) in [5.74, 6) is 1.46. The molecule has 0 aliphatic rings. The molecule has 18 heavy (non-hydrogen) atoms. The van der Waals surface area contributed by atoms with E-state index in [-0.39, 0.29) is 6.04 Å². The Labute approximate surface area is 105 Å². The highest BCUT2D eigenvalue weighted by molar-refractivity contribution is 5.42. The van der Waals surface area contributed by atoms with E-state index in [2.05, 4.69) is 15.5 Å². The molecule has 0 fully saturated rings. The second kappa shape index (κ2) is 4.88. The number of aryl methyl sites for hydroxylation is 2. The van der Waals surface area contributed by atoms with Gasteiger partial charge < -0.3 is 9.84 Å². The van der Waals surface area contributed by atoms with E-state index in [4.69, 9.17) is 9.78 Å². The zero-order valence-corrected chi connectivity index (χ0v) is 10.6. The van der Waals surface area contributed by atoms with Crippen LogP contribution in [0.4, 0.5) is 5.82 Å². The normalized spacial score (nSPS) is 11.9. The molecule has 0 bridgehead atoms. The van der Waals surface area contributed by atoms with Gasteiger partial charge in [-0.1, -0.05) is 11.2 Å². The van der Waals surface area contributed by atoms with Crippen molar-refractivity contribution in [1.82, 2.24) is 10.1 Å². The predicted octanol–water partition coefficient (Wildman–Crippen LogP) is 2.73. The Morgan fingerprint density at radius 3 is 2.78 bits per heavy atom. The lowest BCUT2D eigenvalue weighted by atomic mass is 10.1. The van der Waals surface area contributed by atoms with Gasteiger partial charge in [-0.2, -0.15) is 5.26 Å². The van der Waals surface area contributed by atoms with E-state index in [1.54, 1.807) is 12.1 Å². The van der Waals surface area contributed by atoms with Crippen LogP contribution in [0.3, 0.4) is 0 Å². The number of anilines is 1. The van der Waals surface area contributed by atoms with Gasteiger partial charge in [-0.15, -0.1) is 0 Å². The van der Waals surface area contributed by atoms with Crippen LogP contribution in [0.5, 0.6) is 0 Å².